The third-order valence-corrected chi connectivity index (χ3v) is 2.64. The summed E-state index contributed by atoms with van der Waals surface area (Å²) in [5, 5.41) is 0.530. The van der Waals surface area contributed by atoms with E-state index in [1.165, 1.54) is 5.56 Å². The monoisotopic (exact) mass is 232 g/mol. The van der Waals surface area contributed by atoms with Gasteiger partial charge in [-0.25, -0.2) is 4.98 Å². The van der Waals surface area contributed by atoms with E-state index in [0.717, 1.165) is 24.2 Å². The van der Waals surface area contributed by atoms with Gasteiger partial charge in [0.25, 0.3) is 0 Å². The van der Waals surface area contributed by atoms with Gasteiger partial charge in [-0.15, -0.1) is 0 Å². The molecular formula is C13H13ClN2. The van der Waals surface area contributed by atoms with Crippen molar-refractivity contribution in [1.82, 2.24) is 9.97 Å². The zero-order valence-corrected chi connectivity index (χ0v) is 9.91. The Bertz CT molecular complexity index is 466. The van der Waals surface area contributed by atoms with Crippen molar-refractivity contribution >= 4 is 11.6 Å². The molecule has 0 N–H and O–H groups in total. The third-order valence-electron chi connectivity index (χ3n) is 2.43. The minimum absolute atomic E-state index is 0.530. The van der Waals surface area contributed by atoms with Gasteiger partial charge in [0.15, 0.2) is 0 Å². The van der Waals surface area contributed by atoms with Crippen molar-refractivity contribution < 1.29 is 0 Å². The Balaban J connectivity index is 2.14. The van der Waals surface area contributed by atoms with E-state index in [4.69, 9.17) is 11.6 Å². The van der Waals surface area contributed by atoms with Crippen LogP contribution < -0.4 is 0 Å². The number of aryl methyl sites for hydroxylation is 1. The van der Waals surface area contributed by atoms with Crippen LogP contribution in [0, 0.1) is 0 Å². The molecule has 2 nitrogen and oxygen atoms in total. The average molecular weight is 233 g/mol. The molecule has 3 heteroatoms. The summed E-state index contributed by atoms with van der Waals surface area (Å²) in [6.07, 6.45) is 3.66. The minimum Gasteiger partial charge on any atom is -0.261 e. The Kier molecular flexibility index (Phi) is 3.52. The fourth-order valence-electron chi connectivity index (χ4n) is 1.50. The van der Waals surface area contributed by atoms with E-state index in [9.17, 15) is 0 Å². The SMILES string of the molecule is CCc1ccc(Cc2cccc(Cl)n2)nc1. The van der Waals surface area contributed by atoms with E-state index < -0.39 is 0 Å². The van der Waals surface area contributed by atoms with Crippen molar-refractivity contribution in [2.75, 3.05) is 0 Å². The molecule has 0 aliphatic carbocycles. The molecule has 2 heterocycles. The van der Waals surface area contributed by atoms with Gasteiger partial charge in [0, 0.05) is 24.0 Å². The summed E-state index contributed by atoms with van der Waals surface area (Å²) in [7, 11) is 0. The first-order valence-electron chi connectivity index (χ1n) is 5.33. The van der Waals surface area contributed by atoms with Crippen molar-refractivity contribution in [3.63, 3.8) is 0 Å². The van der Waals surface area contributed by atoms with Crippen molar-refractivity contribution in [3.05, 3.63) is 58.6 Å². The van der Waals surface area contributed by atoms with Gasteiger partial charge in [0.2, 0.25) is 0 Å². The quantitative estimate of drug-likeness (QED) is 0.759. The first kappa shape index (κ1) is 11.1. The summed E-state index contributed by atoms with van der Waals surface area (Å²) in [6.45, 7) is 2.12. The molecule has 0 unspecified atom stereocenters. The molecule has 0 bridgehead atoms. The van der Waals surface area contributed by atoms with Gasteiger partial charge in [-0.1, -0.05) is 30.7 Å². The van der Waals surface area contributed by atoms with Crippen LogP contribution in [0.5, 0.6) is 0 Å². The smallest absolute Gasteiger partial charge is 0.129 e. The zero-order valence-electron chi connectivity index (χ0n) is 9.15. The van der Waals surface area contributed by atoms with Crippen LogP contribution in [0.15, 0.2) is 36.5 Å². The van der Waals surface area contributed by atoms with Crippen molar-refractivity contribution in [1.29, 1.82) is 0 Å². The van der Waals surface area contributed by atoms with E-state index in [1.54, 1.807) is 6.07 Å². The Morgan fingerprint density at radius 1 is 1.12 bits per heavy atom. The lowest BCUT2D eigenvalue weighted by Crippen LogP contribution is -1.95. The minimum atomic E-state index is 0.530. The van der Waals surface area contributed by atoms with Crippen LogP contribution in [0.2, 0.25) is 5.15 Å². The number of aromatic nitrogens is 2. The van der Waals surface area contributed by atoms with Gasteiger partial charge in [-0.3, -0.25) is 4.98 Å². The molecule has 0 aromatic carbocycles. The van der Waals surface area contributed by atoms with Gasteiger partial charge >= 0.3 is 0 Å². The average Bonchev–Trinajstić information content (AvgIpc) is 2.30. The molecule has 0 fully saturated rings. The summed E-state index contributed by atoms with van der Waals surface area (Å²) in [4.78, 5) is 8.63. The summed E-state index contributed by atoms with van der Waals surface area (Å²) >= 11 is 5.83. The highest BCUT2D eigenvalue weighted by Gasteiger charge is 2.00. The van der Waals surface area contributed by atoms with Crippen LogP contribution in [0.4, 0.5) is 0 Å². The van der Waals surface area contributed by atoms with Crippen molar-refractivity contribution in [2.45, 2.75) is 19.8 Å². The molecule has 2 aromatic heterocycles. The molecule has 2 aromatic rings. The van der Waals surface area contributed by atoms with Gasteiger partial charge in [-0.2, -0.15) is 0 Å². The molecule has 0 saturated heterocycles. The number of halogens is 1. The lowest BCUT2D eigenvalue weighted by atomic mass is 10.1. The highest BCUT2D eigenvalue weighted by molar-refractivity contribution is 6.29. The van der Waals surface area contributed by atoms with E-state index >= 15 is 0 Å². The highest BCUT2D eigenvalue weighted by atomic mass is 35.5. The number of pyridine rings is 2. The van der Waals surface area contributed by atoms with Crippen LogP contribution in [-0.4, -0.2) is 9.97 Å². The Morgan fingerprint density at radius 2 is 2.00 bits per heavy atom. The molecule has 0 aliphatic heterocycles. The standard InChI is InChI=1S/C13H13ClN2/c1-2-10-6-7-11(15-9-10)8-12-4-3-5-13(14)16-12/h3-7,9H,2,8H2,1H3. The number of nitrogens with zero attached hydrogens (tertiary/aromatic N) is 2. The number of rotatable bonds is 3. The first-order chi connectivity index (χ1) is 7.78. The van der Waals surface area contributed by atoms with Crippen LogP contribution in [0.3, 0.4) is 0 Å². The molecule has 0 atom stereocenters. The van der Waals surface area contributed by atoms with Crippen LogP contribution in [0.1, 0.15) is 23.9 Å². The largest absolute Gasteiger partial charge is 0.261 e. The summed E-state index contributed by atoms with van der Waals surface area (Å²) in [5.41, 5.74) is 3.22. The van der Waals surface area contributed by atoms with Crippen LogP contribution >= 0.6 is 11.6 Å². The fourth-order valence-corrected chi connectivity index (χ4v) is 1.68. The maximum Gasteiger partial charge on any atom is 0.129 e. The molecule has 16 heavy (non-hydrogen) atoms. The molecule has 0 spiro atoms. The Labute approximate surface area is 100 Å². The second-order valence-electron chi connectivity index (χ2n) is 3.64. The van der Waals surface area contributed by atoms with Gasteiger partial charge in [0.1, 0.15) is 5.15 Å². The topological polar surface area (TPSA) is 25.8 Å². The van der Waals surface area contributed by atoms with Gasteiger partial charge in [0.05, 0.1) is 0 Å². The first-order valence-corrected chi connectivity index (χ1v) is 5.71. The normalized spacial score (nSPS) is 10.4. The molecule has 0 amide bonds. The predicted octanol–water partition coefficient (Wildman–Crippen LogP) is 3.28. The lowest BCUT2D eigenvalue weighted by Gasteiger charge is -2.02. The summed E-state index contributed by atoms with van der Waals surface area (Å²) < 4.78 is 0. The fraction of sp³-hybridized carbons (Fsp3) is 0.231. The van der Waals surface area contributed by atoms with Crippen molar-refractivity contribution in [2.24, 2.45) is 0 Å². The summed E-state index contributed by atoms with van der Waals surface area (Å²) in [5.74, 6) is 0. The number of hydrogen-bond donors (Lipinski definition) is 0. The van der Waals surface area contributed by atoms with Crippen LogP contribution in [-0.2, 0) is 12.8 Å². The predicted molar refractivity (Wildman–Crippen MR) is 65.7 cm³/mol. The number of hydrogen-bond acceptors (Lipinski definition) is 2. The van der Waals surface area contributed by atoms with Gasteiger partial charge in [-0.05, 0) is 30.2 Å². The maximum atomic E-state index is 5.83. The molecule has 0 radical (unpaired) electrons. The Morgan fingerprint density at radius 3 is 2.62 bits per heavy atom. The van der Waals surface area contributed by atoms with Crippen LogP contribution in [0.25, 0.3) is 0 Å². The maximum absolute atomic E-state index is 5.83. The zero-order chi connectivity index (χ0) is 11.4. The summed E-state index contributed by atoms with van der Waals surface area (Å²) in [6, 6.07) is 9.79. The van der Waals surface area contributed by atoms with Gasteiger partial charge < -0.3 is 0 Å². The van der Waals surface area contributed by atoms with E-state index in [1.807, 2.05) is 24.4 Å². The van der Waals surface area contributed by atoms with E-state index in [0.29, 0.717) is 5.15 Å². The highest BCUT2D eigenvalue weighted by Crippen LogP contribution is 2.09. The van der Waals surface area contributed by atoms with E-state index in [2.05, 4.69) is 23.0 Å². The second kappa shape index (κ2) is 5.08. The van der Waals surface area contributed by atoms with E-state index in [-0.39, 0.29) is 0 Å². The molecule has 0 saturated carbocycles. The lowest BCUT2D eigenvalue weighted by molar-refractivity contribution is 0.992. The second-order valence-corrected chi connectivity index (χ2v) is 4.03. The molecule has 2 rings (SSSR count). The van der Waals surface area contributed by atoms with Crippen molar-refractivity contribution in [3.8, 4) is 0 Å². The third kappa shape index (κ3) is 2.80. The molecule has 0 aliphatic rings. The Hall–Kier alpha value is -1.41. The molecular weight excluding hydrogens is 220 g/mol. The molecule has 82 valence electrons.